The van der Waals surface area contributed by atoms with E-state index in [4.69, 9.17) is 18.9 Å². The molecule has 2 aromatic rings. The molecule has 1 aliphatic rings. The quantitative estimate of drug-likeness (QED) is 0.683. The third-order valence-corrected chi connectivity index (χ3v) is 4.49. The number of alkyl halides is 3. The number of hydrogen-bond acceptors (Lipinski definition) is 6. The van der Waals surface area contributed by atoms with Gasteiger partial charge in [0, 0.05) is 12.0 Å². The summed E-state index contributed by atoms with van der Waals surface area (Å²) < 4.78 is 62.6. The molecule has 0 radical (unpaired) electrons. The van der Waals surface area contributed by atoms with Gasteiger partial charge in [0.2, 0.25) is 11.6 Å². The van der Waals surface area contributed by atoms with Gasteiger partial charge in [-0.25, -0.2) is 9.79 Å². The van der Waals surface area contributed by atoms with Crippen molar-refractivity contribution < 1.29 is 36.9 Å². The zero-order valence-electron chi connectivity index (χ0n) is 15.9. The first-order chi connectivity index (χ1) is 13.8. The van der Waals surface area contributed by atoms with Crippen LogP contribution in [0.25, 0.3) is 0 Å². The highest BCUT2D eigenvalue weighted by Crippen LogP contribution is 2.44. The molecule has 0 amide bonds. The lowest BCUT2D eigenvalue weighted by molar-refractivity contribution is -0.195. The van der Waals surface area contributed by atoms with Crippen molar-refractivity contribution >= 4 is 11.9 Å². The minimum atomic E-state index is -4.99. The second kappa shape index (κ2) is 7.65. The Morgan fingerprint density at radius 1 is 1.00 bits per heavy atom. The zero-order valence-corrected chi connectivity index (χ0v) is 15.9. The second-order valence-electron chi connectivity index (χ2n) is 6.24. The van der Waals surface area contributed by atoms with Crippen LogP contribution in [0, 0.1) is 0 Å². The number of benzene rings is 2. The molecule has 3 rings (SSSR count). The molecule has 1 unspecified atom stereocenters. The predicted molar refractivity (Wildman–Crippen MR) is 97.7 cm³/mol. The summed E-state index contributed by atoms with van der Waals surface area (Å²) in [6.45, 7) is 0. The molecule has 0 spiro atoms. The van der Waals surface area contributed by atoms with Gasteiger partial charge in [0.1, 0.15) is 0 Å². The van der Waals surface area contributed by atoms with Crippen LogP contribution in [0.15, 0.2) is 47.5 Å². The second-order valence-corrected chi connectivity index (χ2v) is 6.24. The van der Waals surface area contributed by atoms with Gasteiger partial charge in [0.05, 0.1) is 21.3 Å². The van der Waals surface area contributed by atoms with E-state index in [1.54, 1.807) is 18.2 Å². The topological polar surface area (TPSA) is 66.4 Å². The fourth-order valence-corrected chi connectivity index (χ4v) is 3.04. The molecular formula is C20H18F3NO5. The van der Waals surface area contributed by atoms with Gasteiger partial charge in [0.25, 0.3) is 5.54 Å². The Hall–Kier alpha value is -3.23. The largest absolute Gasteiger partial charge is 0.493 e. The van der Waals surface area contributed by atoms with Crippen molar-refractivity contribution in [1.29, 1.82) is 0 Å². The first kappa shape index (κ1) is 20.5. The van der Waals surface area contributed by atoms with E-state index in [-0.39, 0.29) is 34.3 Å². The minimum absolute atomic E-state index is 0.117. The third-order valence-electron chi connectivity index (χ3n) is 4.49. The average Bonchev–Trinajstić information content (AvgIpc) is 3.05. The van der Waals surface area contributed by atoms with Gasteiger partial charge in [-0.1, -0.05) is 18.2 Å². The maximum atomic E-state index is 14.1. The highest BCUT2D eigenvalue weighted by Gasteiger charge is 2.65. The number of halogens is 3. The molecule has 2 aromatic carbocycles. The van der Waals surface area contributed by atoms with Crippen LogP contribution in [0.3, 0.4) is 0 Å². The van der Waals surface area contributed by atoms with Crippen molar-refractivity contribution in [2.45, 2.75) is 18.1 Å². The summed E-state index contributed by atoms with van der Waals surface area (Å²) in [6, 6.07) is 10.6. The van der Waals surface area contributed by atoms with Gasteiger partial charge in [-0.15, -0.1) is 0 Å². The van der Waals surface area contributed by atoms with E-state index >= 15 is 0 Å². The van der Waals surface area contributed by atoms with Crippen LogP contribution < -0.4 is 14.2 Å². The minimum Gasteiger partial charge on any atom is -0.493 e. The first-order valence-corrected chi connectivity index (χ1v) is 8.49. The number of ether oxygens (including phenoxy) is 4. The number of carbonyl (C=O) groups is 1. The van der Waals surface area contributed by atoms with E-state index in [1.165, 1.54) is 45.6 Å². The maximum Gasteiger partial charge on any atom is 0.424 e. The van der Waals surface area contributed by atoms with Crippen molar-refractivity contribution in [3.05, 3.63) is 53.6 Å². The average molecular weight is 409 g/mol. The number of carbonyl (C=O) groups excluding carboxylic acids is 1. The van der Waals surface area contributed by atoms with Crippen molar-refractivity contribution in [3.63, 3.8) is 0 Å². The van der Waals surface area contributed by atoms with Crippen LogP contribution >= 0.6 is 0 Å². The molecule has 0 aromatic heterocycles. The van der Waals surface area contributed by atoms with Gasteiger partial charge in [0.15, 0.2) is 11.5 Å². The molecule has 0 bridgehead atoms. The smallest absolute Gasteiger partial charge is 0.424 e. The highest BCUT2D eigenvalue weighted by atomic mass is 19.4. The van der Waals surface area contributed by atoms with E-state index in [0.29, 0.717) is 0 Å². The Balaban J connectivity index is 2.10. The lowest BCUT2D eigenvalue weighted by Gasteiger charge is -2.25. The number of aliphatic imine (C=N–C) groups is 1. The van der Waals surface area contributed by atoms with Crippen molar-refractivity contribution in [1.82, 2.24) is 0 Å². The van der Waals surface area contributed by atoms with Crippen molar-refractivity contribution in [3.8, 4) is 17.2 Å². The number of cyclic esters (lactones) is 1. The van der Waals surface area contributed by atoms with Crippen molar-refractivity contribution in [2.75, 3.05) is 21.3 Å². The number of esters is 1. The summed E-state index contributed by atoms with van der Waals surface area (Å²) in [4.78, 5) is 16.1. The summed E-state index contributed by atoms with van der Waals surface area (Å²) in [6.07, 6.45) is -5.77. The van der Waals surface area contributed by atoms with E-state index in [1.807, 2.05) is 0 Å². The Morgan fingerprint density at radius 2 is 1.59 bits per heavy atom. The normalized spacial score (nSPS) is 18.8. The summed E-state index contributed by atoms with van der Waals surface area (Å²) in [5.41, 5.74) is -2.69. The molecular weight excluding hydrogens is 391 g/mol. The molecule has 1 atom stereocenters. The lowest BCUT2D eigenvalue weighted by Crippen LogP contribution is -2.50. The molecule has 9 heteroatoms. The molecule has 29 heavy (non-hydrogen) atoms. The van der Waals surface area contributed by atoms with Crippen LogP contribution in [0.5, 0.6) is 17.2 Å². The molecule has 0 N–H and O–H groups in total. The number of hydrogen-bond donors (Lipinski definition) is 0. The molecule has 1 heterocycles. The summed E-state index contributed by atoms with van der Waals surface area (Å²) >= 11 is 0. The van der Waals surface area contributed by atoms with E-state index in [9.17, 15) is 18.0 Å². The van der Waals surface area contributed by atoms with Crippen LogP contribution in [-0.2, 0) is 16.0 Å². The van der Waals surface area contributed by atoms with E-state index in [2.05, 4.69) is 4.99 Å². The monoisotopic (exact) mass is 409 g/mol. The highest BCUT2D eigenvalue weighted by molar-refractivity contribution is 6.08. The molecule has 0 saturated heterocycles. The standard InChI is InChI=1S/C20H18F3NO5/c1-26-14-9-12(10-15(27-2)16(14)28-3)11-19(20(21,22)23)18(25)29-17(24-19)13-7-5-4-6-8-13/h4-10H,11H2,1-3H3. The van der Waals surface area contributed by atoms with Crippen LogP contribution in [0.2, 0.25) is 0 Å². The molecule has 6 nitrogen and oxygen atoms in total. The Kier molecular flexibility index (Phi) is 5.41. The number of nitrogens with zero attached hydrogens (tertiary/aromatic N) is 1. The lowest BCUT2D eigenvalue weighted by atomic mass is 9.90. The Morgan fingerprint density at radius 3 is 2.07 bits per heavy atom. The molecule has 0 aliphatic carbocycles. The maximum absolute atomic E-state index is 14.1. The number of rotatable bonds is 6. The summed E-state index contributed by atoms with van der Waals surface area (Å²) in [7, 11) is 4.06. The Labute approximate surface area is 164 Å². The van der Waals surface area contributed by atoms with E-state index in [0.717, 1.165) is 0 Å². The van der Waals surface area contributed by atoms with Gasteiger partial charge in [-0.05, 0) is 29.8 Å². The predicted octanol–water partition coefficient (Wildman–Crippen LogP) is 3.56. The van der Waals surface area contributed by atoms with Gasteiger partial charge in [-0.2, -0.15) is 13.2 Å². The van der Waals surface area contributed by atoms with Gasteiger partial charge >= 0.3 is 12.1 Å². The molecule has 1 aliphatic heterocycles. The first-order valence-electron chi connectivity index (χ1n) is 8.49. The fourth-order valence-electron chi connectivity index (χ4n) is 3.04. The Bertz CT molecular complexity index is 918. The molecule has 0 saturated carbocycles. The molecule has 154 valence electrons. The van der Waals surface area contributed by atoms with Gasteiger partial charge in [-0.3, -0.25) is 0 Å². The zero-order chi connectivity index (χ0) is 21.2. The van der Waals surface area contributed by atoms with E-state index < -0.39 is 24.1 Å². The molecule has 0 fully saturated rings. The van der Waals surface area contributed by atoms with Crippen molar-refractivity contribution in [2.24, 2.45) is 4.99 Å². The van der Waals surface area contributed by atoms with Gasteiger partial charge < -0.3 is 18.9 Å². The SMILES string of the molecule is COc1cc(CC2(C(F)(F)F)N=C(c3ccccc3)OC2=O)cc(OC)c1OC. The third kappa shape index (κ3) is 3.59. The summed E-state index contributed by atoms with van der Waals surface area (Å²) in [5.74, 6) is -1.31. The summed E-state index contributed by atoms with van der Waals surface area (Å²) in [5, 5.41) is 0. The number of methoxy groups -OCH3 is 3. The van der Waals surface area contributed by atoms with Crippen LogP contribution in [-0.4, -0.2) is 44.9 Å². The van der Waals surface area contributed by atoms with Crippen LogP contribution in [0.1, 0.15) is 11.1 Å². The van der Waals surface area contributed by atoms with Crippen LogP contribution in [0.4, 0.5) is 13.2 Å². The fraction of sp³-hybridized carbons (Fsp3) is 0.300.